The third-order valence-corrected chi connectivity index (χ3v) is 7.81. The maximum Gasteiger partial charge on any atom is 0.243 e. The minimum atomic E-state index is -4.11. The van der Waals surface area contributed by atoms with E-state index in [-0.39, 0.29) is 17.9 Å². The molecule has 0 saturated carbocycles. The van der Waals surface area contributed by atoms with Gasteiger partial charge in [-0.3, -0.25) is 0 Å². The zero-order valence-corrected chi connectivity index (χ0v) is 23.8. The molecule has 10 nitrogen and oxygen atoms in total. The number of methoxy groups -OCH3 is 3. The van der Waals surface area contributed by atoms with E-state index in [1.165, 1.54) is 31.0 Å². The Labute approximate surface area is 238 Å². The molecule has 0 fully saturated rings. The molecule has 4 aromatic rings. The largest absolute Gasteiger partial charge is 0.497 e. The fraction of sp³-hybridized carbons (Fsp3) is 0.276. The second kappa shape index (κ2) is 13.6. The molecule has 12 heteroatoms. The minimum absolute atomic E-state index is 0.0198. The van der Waals surface area contributed by atoms with Crippen LogP contribution in [0.5, 0.6) is 11.5 Å². The summed E-state index contributed by atoms with van der Waals surface area (Å²) in [7, 11) is 0.511. The molecule has 1 atom stereocenters. The lowest BCUT2D eigenvalue weighted by molar-refractivity contribution is 0.202. The number of hydrogen-bond donors (Lipinski definition) is 3. The molecule has 3 aromatic carbocycles. The van der Waals surface area contributed by atoms with E-state index in [0.717, 1.165) is 5.56 Å². The van der Waals surface area contributed by atoms with Crippen LogP contribution in [0.4, 0.5) is 10.1 Å². The first-order valence-corrected chi connectivity index (χ1v) is 14.3. The van der Waals surface area contributed by atoms with Crippen molar-refractivity contribution < 1.29 is 32.1 Å². The predicted octanol–water partition coefficient (Wildman–Crippen LogP) is 3.67. The number of sulfonamides is 1. The average Bonchev–Trinajstić information content (AvgIpc) is 3.45. The summed E-state index contributed by atoms with van der Waals surface area (Å²) in [6, 6.07) is 15.9. The van der Waals surface area contributed by atoms with Crippen molar-refractivity contribution in [1.82, 2.24) is 14.5 Å². The first kappa shape index (κ1) is 30.0. The van der Waals surface area contributed by atoms with Gasteiger partial charge in [0.05, 0.1) is 32.7 Å². The number of halogens is 1. The van der Waals surface area contributed by atoms with Gasteiger partial charge in [-0.1, -0.05) is 24.3 Å². The molecule has 0 aliphatic carbocycles. The van der Waals surface area contributed by atoms with Gasteiger partial charge in [0.1, 0.15) is 28.4 Å². The van der Waals surface area contributed by atoms with Crippen LogP contribution in [0, 0.1) is 5.82 Å². The number of rotatable bonds is 14. The first-order chi connectivity index (χ1) is 19.7. The molecule has 1 aromatic heterocycles. The van der Waals surface area contributed by atoms with Gasteiger partial charge in [-0.2, -0.15) is 5.10 Å². The van der Waals surface area contributed by atoms with E-state index in [0.29, 0.717) is 47.0 Å². The maximum atomic E-state index is 14.1. The van der Waals surface area contributed by atoms with Crippen molar-refractivity contribution in [3.8, 4) is 17.2 Å². The van der Waals surface area contributed by atoms with E-state index in [4.69, 9.17) is 14.2 Å². The molecule has 41 heavy (non-hydrogen) atoms. The topological polar surface area (TPSA) is 124 Å². The number of hydrogen-bond acceptors (Lipinski definition) is 8. The summed E-state index contributed by atoms with van der Waals surface area (Å²) < 4.78 is 61.4. The minimum Gasteiger partial charge on any atom is -0.497 e. The van der Waals surface area contributed by atoms with Crippen molar-refractivity contribution in [1.29, 1.82) is 0 Å². The van der Waals surface area contributed by atoms with Crippen molar-refractivity contribution in [3.63, 3.8) is 0 Å². The zero-order chi connectivity index (χ0) is 29.4. The van der Waals surface area contributed by atoms with Crippen LogP contribution in [0.25, 0.3) is 5.69 Å². The normalized spacial score (nSPS) is 12.2. The molecule has 0 radical (unpaired) electrons. The number of anilines is 1. The number of nitrogens with zero attached hydrogens (tertiary/aromatic N) is 2. The van der Waals surface area contributed by atoms with Crippen LogP contribution in [0.3, 0.4) is 0 Å². The molecule has 218 valence electrons. The van der Waals surface area contributed by atoms with Crippen LogP contribution in [0.1, 0.15) is 16.7 Å². The molecular formula is C29H33FN4O6S. The summed E-state index contributed by atoms with van der Waals surface area (Å²) in [4.78, 5) is -0.0746. The smallest absolute Gasteiger partial charge is 0.243 e. The van der Waals surface area contributed by atoms with E-state index >= 15 is 0 Å². The molecule has 0 spiro atoms. The number of aliphatic hydroxyl groups excluding tert-OH is 1. The second-order valence-corrected chi connectivity index (χ2v) is 10.9. The Hall–Kier alpha value is -3.97. The lowest BCUT2D eigenvalue weighted by Crippen LogP contribution is -2.26. The molecule has 0 amide bonds. The van der Waals surface area contributed by atoms with Gasteiger partial charge in [0.2, 0.25) is 10.0 Å². The van der Waals surface area contributed by atoms with E-state index in [9.17, 15) is 17.9 Å². The van der Waals surface area contributed by atoms with Crippen LogP contribution in [0.15, 0.2) is 78.0 Å². The summed E-state index contributed by atoms with van der Waals surface area (Å²) in [6.07, 6.45) is 2.80. The van der Waals surface area contributed by atoms with Crippen molar-refractivity contribution in [2.75, 3.05) is 33.3 Å². The van der Waals surface area contributed by atoms with Gasteiger partial charge in [-0.25, -0.2) is 22.2 Å². The summed E-state index contributed by atoms with van der Waals surface area (Å²) in [5.74, 6) is 0.605. The summed E-state index contributed by atoms with van der Waals surface area (Å²) >= 11 is 0. The van der Waals surface area contributed by atoms with E-state index in [2.05, 4.69) is 15.1 Å². The van der Waals surface area contributed by atoms with Crippen LogP contribution in [0.2, 0.25) is 0 Å². The first-order valence-electron chi connectivity index (χ1n) is 12.8. The van der Waals surface area contributed by atoms with Crippen LogP contribution in [-0.4, -0.2) is 57.5 Å². The zero-order valence-electron chi connectivity index (χ0n) is 23.0. The van der Waals surface area contributed by atoms with E-state index < -0.39 is 22.1 Å². The molecule has 3 N–H and O–H groups in total. The molecule has 0 bridgehead atoms. The van der Waals surface area contributed by atoms with Gasteiger partial charge < -0.3 is 24.6 Å². The lowest BCUT2D eigenvalue weighted by Gasteiger charge is -2.18. The summed E-state index contributed by atoms with van der Waals surface area (Å²) in [6.45, 7) is 0.436. The Kier molecular flexibility index (Phi) is 9.95. The number of nitrogens with one attached hydrogen (secondary N) is 2. The Balaban J connectivity index is 1.64. The molecule has 1 unspecified atom stereocenters. The summed E-state index contributed by atoms with van der Waals surface area (Å²) in [5.41, 5.74) is 2.43. The Bertz CT molecular complexity index is 1580. The lowest BCUT2D eigenvalue weighted by atomic mass is 10.1. The highest BCUT2D eigenvalue weighted by molar-refractivity contribution is 7.89. The third kappa shape index (κ3) is 7.61. The Morgan fingerprint density at radius 3 is 2.56 bits per heavy atom. The monoisotopic (exact) mass is 584 g/mol. The van der Waals surface area contributed by atoms with Crippen molar-refractivity contribution >= 4 is 15.7 Å². The van der Waals surface area contributed by atoms with Gasteiger partial charge in [0.25, 0.3) is 0 Å². The van der Waals surface area contributed by atoms with Gasteiger partial charge in [-0.15, -0.1) is 0 Å². The fourth-order valence-corrected chi connectivity index (χ4v) is 5.43. The van der Waals surface area contributed by atoms with Crippen LogP contribution < -0.4 is 19.5 Å². The van der Waals surface area contributed by atoms with Gasteiger partial charge in [0, 0.05) is 43.6 Å². The van der Waals surface area contributed by atoms with Gasteiger partial charge in [0.15, 0.2) is 0 Å². The molecule has 0 aliphatic rings. The Morgan fingerprint density at radius 2 is 1.83 bits per heavy atom. The quantitative estimate of drug-likeness (QED) is 0.192. The van der Waals surface area contributed by atoms with Gasteiger partial charge >= 0.3 is 0 Å². The number of aromatic nitrogens is 2. The fourth-order valence-electron chi connectivity index (χ4n) is 4.21. The van der Waals surface area contributed by atoms with E-state index in [1.807, 2.05) is 0 Å². The van der Waals surface area contributed by atoms with Crippen LogP contribution in [-0.2, 0) is 34.1 Å². The molecule has 0 aliphatic heterocycles. The van der Waals surface area contributed by atoms with Gasteiger partial charge in [-0.05, 0) is 47.9 Å². The highest BCUT2D eigenvalue weighted by Gasteiger charge is 2.23. The van der Waals surface area contributed by atoms with Crippen LogP contribution >= 0.6 is 0 Å². The van der Waals surface area contributed by atoms with Crippen molar-refractivity contribution in [3.05, 3.63) is 95.6 Å². The number of ether oxygens (including phenoxy) is 3. The van der Waals surface area contributed by atoms with Crippen molar-refractivity contribution in [2.45, 2.75) is 30.5 Å². The molecule has 4 rings (SSSR count). The highest BCUT2D eigenvalue weighted by Crippen LogP contribution is 2.28. The molecule has 0 saturated heterocycles. The highest BCUT2D eigenvalue weighted by atomic mass is 32.2. The molecular weight excluding hydrogens is 551 g/mol. The number of benzene rings is 3. The summed E-state index contributed by atoms with van der Waals surface area (Å²) in [5, 5.41) is 17.8. The molecule has 1 heterocycles. The Morgan fingerprint density at radius 1 is 1.02 bits per heavy atom. The third-order valence-electron chi connectivity index (χ3n) is 6.38. The second-order valence-electron chi connectivity index (χ2n) is 9.18. The number of aliphatic hydroxyl groups is 1. The average molecular weight is 585 g/mol. The van der Waals surface area contributed by atoms with E-state index in [1.54, 1.807) is 68.0 Å². The predicted molar refractivity (Wildman–Crippen MR) is 152 cm³/mol. The maximum absolute atomic E-state index is 14.1. The van der Waals surface area contributed by atoms with Crippen molar-refractivity contribution in [2.24, 2.45) is 0 Å². The SMILES string of the molecule is COCCc1cnn(-c2ccc(NC(O)Cc3ccccc3F)cc2S(=O)(=O)NCc2ccc(OC)cc2OC)c1. The standard InChI is InChI=1S/C29H33FN4O6S/c1-38-13-12-20-17-31-34(19-20)26-11-9-23(33-29(35)14-21-6-4-5-7-25(21)30)15-28(26)41(36,37)32-18-22-8-10-24(39-2)16-27(22)40-3/h4-11,15-17,19,29,32-33,35H,12-14,18H2,1-3H3.